The maximum atomic E-state index is 12.7. The number of rotatable bonds is 2. The van der Waals surface area contributed by atoms with Crippen LogP contribution in [0.3, 0.4) is 0 Å². The lowest BCUT2D eigenvalue weighted by Crippen LogP contribution is -2.43. The molecule has 0 spiro atoms. The standard InChI is InChI=1S/C15H14N2OS/c18-15-11-4-1-2-5-12(11)16-14(13-6-3-9-19-13)17(15)10-7-8-10/h1-6,9-10,14,16H,7-8H2/t14-/m1/s1. The Morgan fingerprint density at radius 3 is 2.74 bits per heavy atom. The summed E-state index contributed by atoms with van der Waals surface area (Å²) in [6.45, 7) is 0. The topological polar surface area (TPSA) is 32.3 Å². The maximum absolute atomic E-state index is 12.7. The second kappa shape index (κ2) is 4.10. The van der Waals surface area contributed by atoms with Crippen LogP contribution in [-0.4, -0.2) is 16.8 Å². The molecule has 2 aromatic rings. The van der Waals surface area contributed by atoms with Crippen molar-refractivity contribution in [2.45, 2.75) is 25.0 Å². The molecule has 2 aliphatic rings. The molecule has 2 heterocycles. The molecular formula is C15H14N2OS. The first-order valence-corrected chi connectivity index (χ1v) is 7.44. The van der Waals surface area contributed by atoms with Crippen molar-refractivity contribution in [3.8, 4) is 0 Å². The van der Waals surface area contributed by atoms with Gasteiger partial charge in [-0.1, -0.05) is 18.2 Å². The molecular weight excluding hydrogens is 256 g/mol. The molecule has 0 unspecified atom stereocenters. The summed E-state index contributed by atoms with van der Waals surface area (Å²) < 4.78 is 0. The minimum atomic E-state index is -0.00472. The van der Waals surface area contributed by atoms with E-state index in [-0.39, 0.29) is 12.1 Å². The lowest BCUT2D eigenvalue weighted by atomic mass is 10.1. The molecule has 1 N–H and O–H groups in total. The molecule has 4 rings (SSSR count). The fraction of sp³-hybridized carbons (Fsp3) is 0.267. The van der Waals surface area contributed by atoms with E-state index < -0.39 is 0 Å². The molecule has 0 saturated heterocycles. The third-order valence-electron chi connectivity index (χ3n) is 3.72. The summed E-state index contributed by atoms with van der Waals surface area (Å²) in [7, 11) is 0. The van der Waals surface area contributed by atoms with E-state index in [1.807, 2.05) is 35.2 Å². The highest BCUT2D eigenvalue weighted by atomic mass is 32.1. The normalized spacial score (nSPS) is 22.0. The van der Waals surface area contributed by atoms with Crippen molar-refractivity contribution in [1.29, 1.82) is 0 Å². The van der Waals surface area contributed by atoms with Gasteiger partial charge in [-0.2, -0.15) is 0 Å². The molecule has 3 nitrogen and oxygen atoms in total. The largest absolute Gasteiger partial charge is 0.360 e. The van der Waals surface area contributed by atoms with Crippen LogP contribution in [0, 0.1) is 0 Å². The minimum absolute atomic E-state index is 0.00472. The summed E-state index contributed by atoms with van der Waals surface area (Å²) in [5, 5.41) is 5.58. The number of anilines is 1. The molecule has 1 saturated carbocycles. The lowest BCUT2D eigenvalue weighted by Gasteiger charge is -2.37. The summed E-state index contributed by atoms with van der Waals surface area (Å²) >= 11 is 1.70. The van der Waals surface area contributed by atoms with Crippen LogP contribution < -0.4 is 5.32 Å². The van der Waals surface area contributed by atoms with E-state index in [1.165, 1.54) is 4.88 Å². The molecule has 1 aliphatic carbocycles. The number of fused-ring (bicyclic) bond motifs is 1. The molecule has 1 amide bonds. The van der Waals surface area contributed by atoms with Crippen molar-refractivity contribution >= 4 is 22.9 Å². The number of hydrogen-bond acceptors (Lipinski definition) is 3. The second-order valence-electron chi connectivity index (χ2n) is 5.05. The van der Waals surface area contributed by atoms with Crippen molar-refractivity contribution in [3.63, 3.8) is 0 Å². The Bertz CT molecular complexity index is 619. The van der Waals surface area contributed by atoms with Gasteiger partial charge in [0.15, 0.2) is 0 Å². The zero-order chi connectivity index (χ0) is 12.8. The van der Waals surface area contributed by atoms with E-state index in [4.69, 9.17) is 0 Å². The third kappa shape index (κ3) is 1.75. The van der Waals surface area contributed by atoms with E-state index in [0.717, 1.165) is 24.1 Å². The summed E-state index contributed by atoms with van der Waals surface area (Å²) in [5.41, 5.74) is 1.74. The Labute approximate surface area is 115 Å². The Hall–Kier alpha value is -1.81. The van der Waals surface area contributed by atoms with Crippen LogP contribution in [0.2, 0.25) is 0 Å². The van der Waals surface area contributed by atoms with Gasteiger partial charge in [0.2, 0.25) is 0 Å². The average molecular weight is 270 g/mol. The number of thiophene rings is 1. The number of benzene rings is 1. The third-order valence-corrected chi connectivity index (χ3v) is 4.64. The van der Waals surface area contributed by atoms with Gasteiger partial charge in [-0.3, -0.25) is 4.79 Å². The van der Waals surface area contributed by atoms with E-state index in [2.05, 4.69) is 16.8 Å². The Kier molecular flexibility index (Phi) is 2.38. The van der Waals surface area contributed by atoms with E-state index in [9.17, 15) is 4.79 Å². The van der Waals surface area contributed by atoms with Gasteiger partial charge in [0.1, 0.15) is 6.17 Å². The minimum Gasteiger partial charge on any atom is -0.360 e. The van der Waals surface area contributed by atoms with Crippen LogP contribution in [0.25, 0.3) is 0 Å². The van der Waals surface area contributed by atoms with Gasteiger partial charge in [-0.15, -0.1) is 11.3 Å². The molecule has 4 heteroatoms. The van der Waals surface area contributed by atoms with Gasteiger partial charge in [0.05, 0.1) is 5.56 Å². The zero-order valence-electron chi connectivity index (χ0n) is 10.4. The number of amides is 1. The monoisotopic (exact) mass is 270 g/mol. The lowest BCUT2D eigenvalue weighted by molar-refractivity contribution is 0.0669. The molecule has 19 heavy (non-hydrogen) atoms. The van der Waals surface area contributed by atoms with E-state index in [0.29, 0.717) is 6.04 Å². The van der Waals surface area contributed by atoms with Crippen LogP contribution in [-0.2, 0) is 0 Å². The van der Waals surface area contributed by atoms with E-state index in [1.54, 1.807) is 11.3 Å². The summed E-state index contributed by atoms with van der Waals surface area (Å²) in [6, 6.07) is 12.3. The molecule has 0 bridgehead atoms. The first kappa shape index (κ1) is 11.1. The molecule has 1 atom stereocenters. The summed E-state index contributed by atoms with van der Waals surface area (Å²) in [4.78, 5) is 15.9. The van der Waals surface area contributed by atoms with Crippen LogP contribution in [0.15, 0.2) is 41.8 Å². The van der Waals surface area contributed by atoms with Gasteiger partial charge < -0.3 is 10.2 Å². The molecule has 1 aromatic heterocycles. The van der Waals surface area contributed by atoms with Crippen LogP contribution >= 0.6 is 11.3 Å². The van der Waals surface area contributed by atoms with Gasteiger partial charge in [-0.05, 0) is 36.4 Å². The van der Waals surface area contributed by atoms with Gasteiger partial charge >= 0.3 is 0 Å². The Morgan fingerprint density at radius 1 is 1.16 bits per heavy atom. The molecule has 96 valence electrons. The highest BCUT2D eigenvalue weighted by molar-refractivity contribution is 7.10. The highest BCUT2D eigenvalue weighted by Gasteiger charge is 2.42. The van der Waals surface area contributed by atoms with Crippen molar-refractivity contribution in [2.24, 2.45) is 0 Å². The highest BCUT2D eigenvalue weighted by Crippen LogP contribution is 2.41. The van der Waals surface area contributed by atoms with Crippen LogP contribution in [0.5, 0.6) is 0 Å². The fourth-order valence-electron chi connectivity index (χ4n) is 2.65. The molecule has 1 aliphatic heterocycles. The molecule has 1 fully saturated rings. The van der Waals surface area contributed by atoms with Crippen molar-refractivity contribution in [1.82, 2.24) is 4.90 Å². The van der Waals surface area contributed by atoms with Crippen molar-refractivity contribution < 1.29 is 4.79 Å². The van der Waals surface area contributed by atoms with Crippen molar-refractivity contribution in [2.75, 3.05) is 5.32 Å². The SMILES string of the molecule is O=C1c2ccccc2N[C@@H](c2cccs2)N1C1CC1. The van der Waals surface area contributed by atoms with Crippen LogP contribution in [0.4, 0.5) is 5.69 Å². The van der Waals surface area contributed by atoms with Gasteiger partial charge in [-0.25, -0.2) is 0 Å². The first-order chi connectivity index (χ1) is 9.34. The van der Waals surface area contributed by atoms with Crippen LogP contribution in [0.1, 0.15) is 34.2 Å². The summed E-state index contributed by atoms with van der Waals surface area (Å²) in [5.74, 6) is 0.162. The zero-order valence-corrected chi connectivity index (χ0v) is 11.2. The molecule has 1 aromatic carbocycles. The van der Waals surface area contributed by atoms with Crippen molar-refractivity contribution in [3.05, 3.63) is 52.2 Å². The molecule has 0 radical (unpaired) electrons. The smallest absolute Gasteiger partial charge is 0.258 e. The Balaban J connectivity index is 1.81. The quantitative estimate of drug-likeness (QED) is 0.906. The number of para-hydroxylation sites is 1. The number of nitrogens with zero attached hydrogens (tertiary/aromatic N) is 1. The summed E-state index contributed by atoms with van der Waals surface area (Å²) in [6.07, 6.45) is 2.24. The fourth-order valence-corrected chi connectivity index (χ4v) is 3.43. The number of carbonyl (C=O) groups is 1. The first-order valence-electron chi connectivity index (χ1n) is 6.56. The van der Waals surface area contributed by atoms with E-state index >= 15 is 0 Å². The Morgan fingerprint density at radius 2 is 2.00 bits per heavy atom. The van der Waals surface area contributed by atoms with Gasteiger partial charge in [0.25, 0.3) is 5.91 Å². The second-order valence-corrected chi connectivity index (χ2v) is 6.03. The maximum Gasteiger partial charge on any atom is 0.258 e. The number of nitrogens with one attached hydrogen (secondary N) is 1. The predicted octanol–water partition coefficient (Wildman–Crippen LogP) is 3.48. The average Bonchev–Trinajstić information content (AvgIpc) is 3.12. The van der Waals surface area contributed by atoms with Gasteiger partial charge in [0, 0.05) is 16.6 Å². The predicted molar refractivity (Wildman–Crippen MR) is 76.3 cm³/mol. The number of carbonyl (C=O) groups excluding carboxylic acids is 1. The number of hydrogen-bond donors (Lipinski definition) is 1.